The molecule has 370 valence electrons. The molecule has 3 aliphatic heterocycles. The second-order valence-corrected chi connectivity index (χ2v) is 20.0. The number of rotatable bonds is 6. The number of aliphatic hydroxyl groups is 5. The lowest BCUT2D eigenvalue weighted by atomic mass is 9.78. The zero-order chi connectivity index (χ0) is 48.2. The maximum absolute atomic E-state index is 14.4. The third-order valence-electron chi connectivity index (χ3n) is 14.9. The molecule has 0 aromatic rings. The number of ether oxygens (including phenoxy) is 5. The third kappa shape index (κ3) is 14.6. The summed E-state index contributed by atoms with van der Waals surface area (Å²) in [6.07, 6.45) is 10.6. The Labute approximate surface area is 388 Å². The Morgan fingerprint density at radius 3 is 2.22 bits per heavy atom. The normalized spacial score (nSPS) is 42.7. The van der Waals surface area contributed by atoms with Crippen LogP contribution in [-0.2, 0) is 38.1 Å². The fourth-order valence-electron chi connectivity index (χ4n) is 10.4. The smallest absolute Gasteiger partial charge is 0.329 e. The van der Waals surface area contributed by atoms with Gasteiger partial charge in [-0.1, -0.05) is 71.1 Å². The van der Waals surface area contributed by atoms with Crippen LogP contribution >= 0.6 is 0 Å². The van der Waals surface area contributed by atoms with Crippen LogP contribution in [0.5, 0.6) is 0 Å². The summed E-state index contributed by atoms with van der Waals surface area (Å²) >= 11 is 0. The Kier molecular flexibility index (Phi) is 21.5. The number of ketones is 1. The van der Waals surface area contributed by atoms with Gasteiger partial charge in [-0.2, -0.15) is 0 Å². The Balaban J connectivity index is 1.70. The van der Waals surface area contributed by atoms with Crippen molar-refractivity contribution < 1.29 is 63.6 Å². The van der Waals surface area contributed by atoms with Gasteiger partial charge < -0.3 is 54.1 Å². The summed E-state index contributed by atoms with van der Waals surface area (Å²) in [5.74, 6) is -6.69. The molecule has 2 bridgehead atoms. The molecule has 0 spiro atoms. The van der Waals surface area contributed by atoms with Gasteiger partial charge in [-0.3, -0.25) is 9.59 Å². The first kappa shape index (κ1) is 54.8. The molecule has 2 saturated heterocycles. The molecule has 5 N–H and O–H groups in total. The number of amides is 1. The van der Waals surface area contributed by atoms with E-state index in [1.807, 2.05) is 58.1 Å². The first-order chi connectivity index (χ1) is 30.7. The number of allylic oxidation sites excluding steroid dienone is 5. The standard InChI is InChI=1S/C51H83NO13/c1-30-16-12-11-13-17-31(2)42(61-8)28-38-21-19-36(7)51(60,65-38)48(57)49(58)52-23-15-14-18-39(52)50(59)64-43(33(4)26-37-20-22-40(53)44(27-37)62-9)29-41(54)32(3)25-35(6)46(56)47(63-10)45(55)34(5)24-30/h11-13,16-17,25,30,32-34,36-47,53-56,60H,14-15,18-24,26-29H2,1-10H3/b13-11+,16-12+,31-17+,35-25+/t30-,32-,33-,34-,36-,37?,38+,39?,40?,41+,42+,43+,44-,45+,46+,47+,51-/m1/s1. The van der Waals surface area contributed by atoms with E-state index in [2.05, 4.69) is 6.92 Å². The van der Waals surface area contributed by atoms with Gasteiger partial charge in [0, 0.05) is 52.6 Å². The molecular weight excluding hydrogens is 835 g/mol. The van der Waals surface area contributed by atoms with E-state index in [4.69, 9.17) is 23.7 Å². The molecular formula is C51H83NO13. The van der Waals surface area contributed by atoms with Crippen LogP contribution in [0.2, 0.25) is 0 Å². The first-order valence-corrected chi connectivity index (χ1v) is 24.2. The Morgan fingerprint density at radius 2 is 1.54 bits per heavy atom. The number of aliphatic hydroxyl groups excluding tert-OH is 4. The highest BCUT2D eigenvalue weighted by molar-refractivity contribution is 6.39. The van der Waals surface area contributed by atoms with Crippen molar-refractivity contribution in [2.24, 2.45) is 35.5 Å². The summed E-state index contributed by atoms with van der Waals surface area (Å²) in [6.45, 7) is 13.2. The van der Waals surface area contributed by atoms with Crippen molar-refractivity contribution in [3.63, 3.8) is 0 Å². The van der Waals surface area contributed by atoms with Crippen LogP contribution in [0.4, 0.5) is 0 Å². The summed E-state index contributed by atoms with van der Waals surface area (Å²) in [5, 5.41) is 57.2. The van der Waals surface area contributed by atoms with Gasteiger partial charge in [0.05, 0.1) is 36.6 Å². The number of nitrogens with zero attached hydrogens (tertiary/aromatic N) is 1. The summed E-state index contributed by atoms with van der Waals surface area (Å²) in [7, 11) is 4.63. The molecule has 4 aliphatic rings. The van der Waals surface area contributed by atoms with E-state index in [1.54, 1.807) is 34.1 Å². The van der Waals surface area contributed by atoms with Crippen LogP contribution in [0.1, 0.15) is 126 Å². The highest BCUT2D eigenvalue weighted by atomic mass is 16.6. The van der Waals surface area contributed by atoms with E-state index in [0.29, 0.717) is 63.4 Å². The monoisotopic (exact) mass is 918 g/mol. The van der Waals surface area contributed by atoms with Crippen molar-refractivity contribution in [1.29, 1.82) is 0 Å². The minimum Gasteiger partial charge on any atom is -0.460 e. The van der Waals surface area contributed by atoms with E-state index in [9.17, 15) is 39.9 Å². The fraction of sp³-hybridized carbons (Fsp3) is 0.784. The average Bonchev–Trinajstić information content (AvgIpc) is 3.28. The van der Waals surface area contributed by atoms with Gasteiger partial charge in [-0.05, 0) is 113 Å². The van der Waals surface area contributed by atoms with Gasteiger partial charge in [0.1, 0.15) is 24.4 Å². The van der Waals surface area contributed by atoms with Gasteiger partial charge in [0.2, 0.25) is 5.79 Å². The maximum Gasteiger partial charge on any atom is 0.329 e. The van der Waals surface area contributed by atoms with Crippen LogP contribution in [0.3, 0.4) is 0 Å². The van der Waals surface area contributed by atoms with Gasteiger partial charge in [-0.15, -0.1) is 0 Å². The van der Waals surface area contributed by atoms with Crippen molar-refractivity contribution in [3.05, 3.63) is 47.6 Å². The third-order valence-corrected chi connectivity index (χ3v) is 14.9. The average molecular weight is 918 g/mol. The summed E-state index contributed by atoms with van der Waals surface area (Å²) in [6, 6.07) is -1.10. The molecule has 0 aromatic heterocycles. The molecule has 0 radical (unpaired) electrons. The van der Waals surface area contributed by atoms with E-state index in [0.717, 1.165) is 12.0 Å². The predicted molar refractivity (Wildman–Crippen MR) is 247 cm³/mol. The maximum atomic E-state index is 14.4. The molecule has 14 heteroatoms. The number of fused-ring (bicyclic) bond motifs is 3. The van der Waals surface area contributed by atoms with Gasteiger partial charge in [-0.25, -0.2) is 4.79 Å². The SMILES string of the molecule is CO[C@H]1[C@@H](O)[C@H](C)C[C@H](C)/C=C/C=C/C=C(\C)[C@@H](OC)C[C@@H]2CC[C@@H](C)[C@@](O)(O2)C(=O)C(=O)N2CCCCC2C(=O)O[C@H]([C@H](C)CC2CCC(O)[C@H](OC)C2)C[C@H](O)[C@H](C)/C=C(\C)[C@@H]1O. The fourth-order valence-corrected chi connectivity index (χ4v) is 10.4. The second kappa shape index (κ2) is 25.5. The number of hydrogen-bond acceptors (Lipinski definition) is 13. The topological polar surface area (TPSA) is 202 Å². The van der Waals surface area contributed by atoms with Crippen LogP contribution < -0.4 is 0 Å². The highest BCUT2D eigenvalue weighted by Crippen LogP contribution is 2.38. The molecule has 65 heavy (non-hydrogen) atoms. The van der Waals surface area contributed by atoms with Crippen molar-refractivity contribution in [3.8, 4) is 0 Å². The number of carbonyl (C=O) groups excluding carboxylic acids is 3. The minimum atomic E-state index is -2.41. The van der Waals surface area contributed by atoms with Gasteiger partial charge >= 0.3 is 5.97 Å². The van der Waals surface area contributed by atoms with Crippen LogP contribution in [0, 0.1) is 35.5 Å². The second-order valence-electron chi connectivity index (χ2n) is 20.0. The quantitative estimate of drug-likeness (QED) is 0.122. The van der Waals surface area contributed by atoms with Gasteiger partial charge in [0.15, 0.2) is 0 Å². The molecule has 0 aromatic carbocycles. The number of methoxy groups -OCH3 is 3. The van der Waals surface area contributed by atoms with Crippen molar-refractivity contribution in [2.75, 3.05) is 27.9 Å². The molecule has 1 saturated carbocycles. The lowest BCUT2D eigenvalue weighted by molar-refractivity contribution is -0.265. The Hall–Kier alpha value is -2.79. The van der Waals surface area contributed by atoms with Crippen molar-refractivity contribution in [1.82, 2.24) is 4.90 Å². The molecule has 14 nitrogen and oxygen atoms in total. The minimum absolute atomic E-state index is 0.0359. The Morgan fingerprint density at radius 1 is 0.815 bits per heavy atom. The molecule has 3 fully saturated rings. The van der Waals surface area contributed by atoms with Crippen LogP contribution in [0.15, 0.2) is 47.6 Å². The van der Waals surface area contributed by atoms with E-state index in [-0.39, 0.29) is 49.2 Å². The largest absolute Gasteiger partial charge is 0.460 e. The van der Waals surface area contributed by atoms with Crippen LogP contribution in [-0.4, -0.2) is 143 Å². The summed E-state index contributed by atoms with van der Waals surface area (Å²) < 4.78 is 29.6. The van der Waals surface area contributed by atoms with Crippen LogP contribution in [0.25, 0.3) is 0 Å². The lowest BCUT2D eigenvalue weighted by Gasteiger charge is -2.43. The zero-order valence-electron chi connectivity index (χ0n) is 40.8. The number of carbonyl (C=O) groups is 3. The first-order valence-electron chi connectivity index (χ1n) is 24.2. The molecule has 1 aliphatic carbocycles. The van der Waals surface area contributed by atoms with Gasteiger partial charge in [0.25, 0.3) is 11.7 Å². The number of hydrogen-bond donors (Lipinski definition) is 5. The van der Waals surface area contributed by atoms with Crippen molar-refractivity contribution >= 4 is 17.7 Å². The van der Waals surface area contributed by atoms with E-state index >= 15 is 0 Å². The van der Waals surface area contributed by atoms with E-state index < -0.39 is 90.2 Å². The molecule has 3 heterocycles. The highest BCUT2D eigenvalue weighted by Gasteiger charge is 2.53. The number of cyclic esters (lactones) is 1. The van der Waals surface area contributed by atoms with Crippen molar-refractivity contribution in [2.45, 2.75) is 192 Å². The zero-order valence-corrected chi connectivity index (χ0v) is 40.8. The molecule has 4 rings (SSSR count). The predicted octanol–water partition coefficient (Wildman–Crippen LogP) is 5.76. The number of piperidine rings is 1. The Bertz CT molecular complexity index is 1660. The van der Waals surface area contributed by atoms with E-state index in [1.165, 1.54) is 12.0 Å². The molecule has 1 amide bonds. The molecule has 17 atom stereocenters. The summed E-state index contributed by atoms with van der Waals surface area (Å²) in [5.41, 5.74) is 1.41. The number of Topliss-reactive ketones (excluding diaryl/α,β-unsaturated/α-hetero) is 1. The number of esters is 1. The molecule has 3 unspecified atom stereocenters. The summed E-state index contributed by atoms with van der Waals surface area (Å²) in [4.78, 5) is 44.1. The lowest BCUT2D eigenvalue weighted by Crippen LogP contribution is -2.61.